The zero-order chi connectivity index (χ0) is 16.4. The first-order valence-electron chi connectivity index (χ1n) is 7.35. The Morgan fingerprint density at radius 2 is 1.91 bits per heavy atom. The topological polar surface area (TPSA) is 32.3 Å². The minimum Gasteiger partial charge on any atom is -0.370 e. The van der Waals surface area contributed by atoms with Crippen molar-refractivity contribution in [3.63, 3.8) is 0 Å². The Morgan fingerprint density at radius 3 is 2.65 bits per heavy atom. The summed E-state index contributed by atoms with van der Waals surface area (Å²) in [6, 6.07) is 9.46. The van der Waals surface area contributed by atoms with E-state index >= 15 is 0 Å². The number of rotatable bonds is 3. The van der Waals surface area contributed by atoms with Gasteiger partial charge in [-0.1, -0.05) is 11.6 Å². The number of nitrogens with one attached hydrogen (secondary N) is 1. The SMILES string of the molecule is O=C(Nc1cc(Cl)ccc1N1CCCC1)c1cc(F)ccc1Br. The molecule has 0 spiro atoms. The lowest BCUT2D eigenvalue weighted by atomic mass is 10.2. The van der Waals surface area contributed by atoms with Crippen molar-refractivity contribution in [1.29, 1.82) is 0 Å². The molecule has 1 amide bonds. The fourth-order valence-corrected chi connectivity index (χ4v) is 3.30. The summed E-state index contributed by atoms with van der Waals surface area (Å²) < 4.78 is 13.9. The van der Waals surface area contributed by atoms with Gasteiger partial charge in [0.2, 0.25) is 0 Å². The Labute approximate surface area is 147 Å². The minimum absolute atomic E-state index is 0.248. The minimum atomic E-state index is -0.454. The highest BCUT2D eigenvalue weighted by Gasteiger charge is 2.19. The maximum Gasteiger partial charge on any atom is 0.256 e. The number of amides is 1. The molecule has 2 aromatic carbocycles. The molecule has 0 radical (unpaired) electrons. The molecule has 1 heterocycles. The van der Waals surface area contributed by atoms with E-state index in [9.17, 15) is 9.18 Å². The molecule has 3 nitrogen and oxygen atoms in total. The van der Waals surface area contributed by atoms with Gasteiger partial charge in [-0.25, -0.2) is 4.39 Å². The molecule has 0 saturated carbocycles. The molecule has 120 valence electrons. The molecule has 23 heavy (non-hydrogen) atoms. The van der Waals surface area contributed by atoms with Crippen LogP contribution in [0.1, 0.15) is 23.2 Å². The second-order valence-electron chi connectivity index (χ2n) is 5.43. The van der Waals surface area contributed by atoms with E-state index in [2.05, 4.69) is 26.1 Å². The number of benzene rings is 2. The Morgan fingerprint density at radius 1 is 1.17 bits per heavy atom. The summed E-state index contributed by atoms with van der Waals surface area (Å²) in [7, 11) is 0. The van der Waals surface area contributed by atoms with Crippen LogP contribution in [0.2, 0.25) is 5.02 Å². The molecule has 1 aliphatic rings. The lowest BCUT2D eigenvalue weighted by Gasteiger charge is -2.22. The van der Waals surface area contributed by atoms with E-state index < -0.39 is 5.82 Å². The third-order valence-electron chi connectivity index (χ3n) is 3.83. The Balaban J connectivity index is 1.91. The van der Waals surface area contributed by atoms with E-state index in [4.69, 9.17) is 11.6 Å². The number of carbonyl (C=O) groups is 1. The van der Waals surface area contributed by atoms with E-state index in [1.54, 1.807) is 6.07 Å². The highest BCUT2D eigenvalue weighted by atomic mass is 79.9. The van der Waals surface area contributed by atoms with Crippen molar-refractivity contribution >= 4 is 44.8 Å². The highest BCUT2D eigenvalue weighted by molar-refractivity contribution is 9.10. The smallest absolute Gasteiger partial charge is 0.256 e. The maximum atomic E-state index is 13.4. The fourth-order valence-electron chi connectivity index (χ4n) is 2.70. The first kappa shape index (κ1) is 16.3. The monoisotopic (exact) mass is 396 g/mol. The first-order chi connectivity index (χ1) is 11.0. The number of halogens is 3. The van der Waals surface area contributed by atoms with Crippen LogP contribution in [0.3, 0.4) is 0 Å². The van der Waals surface area contributed by atoms with Gasteiger partial charge in [0, 0.05) is 22.6 Å². The van der Waals surface area contributed by atoms with Crippen LogP contribution in [-0.2, 0) is 0 Å². The summed E-state index contributed by atoms with van der Waals surface area (Å²) in [5.74, 6) is -0.830. The average Bonchev–Trinajstić information content (AvgIpc) is 3.04. The second-order valence-corrected chi connectivity index (χ2v) is 6.72. The van der Waals surface area contributed by atoms with Crippen LogP contribution >= 0.6 is 27.5 Å². The quantitative estimate of drug-likeness (QED) is 0.782. The van der Waals surface area contributed by atoms with Crippen LogP contribution in [-0.4, -0.2) is 19.0 Å². The standard InChI is InChI=1S/C17H15BrClFN2O/c18-14-5-4-12(20)10-13(14)17(23)21-15-9-11(19)3-6-16(15)22-7-1-2-8-22/h3-6,9-10H,1-2,7-8H2,(H,21,23). The van der Waals surface area contributed by atoms with Gasteiger partial charge in [0.05, 0.1) is 16.9 Å². The third-order valence-corrected chi connectivity index (χ3v) is 4.75. The summed E-state index contributed by atoms with van der Waals surface area (Å²) in [4.78, 5) is 14.7. The van der Waals surface area contributed by atoms with Crippen LogP contribution in [0, 0.1) is 5.82 Å². The van der Waals surface area contributed by atoms with Crippen molar-refractivity contribution in [2.75, 3.05) is 23.3 Å². The Hall–Kier alpha value is -1.59. The van der Waals surface area contributed by atoms with Gasteiger partial charge in [-0.05, 0) is 65.2 Å². The lowest BCUT2D eigenvalue weighted by Crippen LogP contribution is -2.21. The molecule has 0 aliphatic carbocycles. The molecule has 0 unspecified atom stereocenters. The predicted octanol–water partition coefficient (Wildman–Crippen LogP) is 5.09. The summed E-state index contributed by atoms with van der Waals surface area (Å²) >= 11 is 9.35. The number of carbonyl (C=O) groups excluding carboxylic acids is 1. The van der Waals surface area contributed by atoms with Gasteiger partial charge in [-0.3, -0.25) is 4.79 Å². The molecule has 3 rings (SSSR count). The van der Waals surface area contributed by atoms with Gasteiger partial charge >= 0.3 is 0 Å². The summed E-state index contributed by atoms with van der Waals surface area (Å²) in [6.45, 7) is 1.91. The van der Waals surface area contributed by atoms with Crippen molar-refractivity contribution in [3.05, 3.63) is 57.3 Å². The zero-order valence-corrected chi connectivity index (χ0v) is 14.6. The molecular formula is C17H15BrClFN2O. The van der Waals surface area contributed by atoms with Gasteiger partial charge in [0.1, 0.15) is 5.82 Å². The second kappa shape index (κ2) is 6.89. The summed E-state index contributed by atoms with van der Waals surface area (Å²) in [5, 5.41) is 3.39. The van der Waals surface area contributed by atoms with E-state index in [-0.39, 0.29) is 11.5 Å². The third kappa shape index (κ3) is 3.67. The van der Waals surface area contributed by atoms with Crippen molar-refractivity contribution in [1.82, 2.24) is 0 Å². The van der Waals surface area contributed by atoms with Crippen molar-refractivity contribution in [2.24, 2.45) is 0 Å². The van der Waals surface area contributed by atoms with Crippen molar-refractivity contribution in [3.8, 4) is 0 Å². The molecule has 1 aliphatic heterocycles. The molecule has 1 saturated heterocycles. The van der Waals surface area contributed by atoms with Crippen LogP contribution in [0.4, 0.5) is 15.8 Å². The zero-order valence-electron chi connectivity index (χ0n) is 12.3. The van der Waals surface area contributed by atoms with Gasteiger partial charge in [-0.2, -0.15) is 0 Å². The van der Waals surface area contributed by atoms with Crippen molar-refractivity contribution in [2.45, 2.75) is 12.8 Å². The summed E-state index contributed by atoms with van der Waals surface area (Å²) in [6.07, 6.45) is 2.26. The summed E-state index contributed by atoms with van der Waals surface area (Å²) in [5.41, 5.74) is 1.82. The fraction of sp³-hybridized carbons (Fsp3) is 0.235. The molecule has 0 bridgehead atoms. The van der Waals surface area contributed by atoms with Gasteiger partial charge in [0.15, 0.2) is 0 Å². The van der Waals surface area contributed by atoms with Crippen LogP contribution in [0.25, 0.3) is 0 Å². The van der Waals surface area contributed by atoms with Gasteiger partial charge in [-0.15, -0.1) is 0 Å². The predicted molar refractivity (Wildman–Crippen MR) is 95.0 cm³/mol. The molecule has 6 heteroatoms. The highest BCUT2D eigenvalue weighted by Crippen LogP contribution is 2.32. The molecule has 0 aromatic heterocycles. The van der Waals surface area contributed by atoms with E-state index in [0.29, 0.717) is 15.2 Å². The number of hydrogen-bond donors (Lipinski definition) is 1. The van der Waals surface area contributed by atoms with E-state index in [1.165, 1.54) is 18.2 Å². The normalized spacial score (nSPS) is 14.1. The maximum absolute atomic E-state index is 13.4. The molecular weight excluding hydrogens is 383 g/mol. The van der Waals surface area contributed by atoms with Crippen LogP contribution in [0.5, 0.6) is 0 Å². The Kier molecular flexibility index (Phi) is 4.87. The average molecular weight is 398 g/mol. The lowest BCUT2D eigenvalue weighted by molar-refractivity contribution is 0.102. The number of anilines is 2. The molecule has 2 aromatic rings. The Bertz CT molecular complexity index is 747. The molecule has 0 atom stereocenters. The van der Waals surface area contributed by atoms with E-state index in [1.807, 2.05) is 12.1 Å². The van der Waals surface area contributed by atoms with Crippen LogP contribution in [0.15, 0.2) is 40.9 Å². The van der Waals surface area contributed by atoms with Crippen molar-refractivity contribution < 1.29 is 9.18 Å². The largest absolute Gasteiger partial charge is 0.370 e. The molecule has 1 N–H and O–H groups in total. The first-order valence-corrected chi connectivity index (χ1v) is 8.52. The van der Waals surface area contributed by atoms with Crippen LogP contribution < -0.4 is 10.2 Å². The van der Waals surface area contributed by atoms with Gasteiger partial charge in [0.25, 0.3) is 5.91 Å². The number of hydrogen-bond acceptors (Lipinski definition) is 2. The number of nitrogens with zero attached hydrogens (tertiary/aromatic N) is 1. The van der Waals surface area contributed by atoms with Gasteiger partial charge < -0.3 is 10.2 Å². The van der Waals surface area contributed by atoms with E-state index in [0.717, 1.165) is 31.6 Å². The molecule has 1 fully saturated rings.